The van der Waals surface area contributed by atoms with E-state index in [-0.39, 0.29) is 40.4 Å². The van der Waals surface area contributed by atoms with Gasteiger partial charge in [0.2, 0.25) is 11.8 Å². The number of amides is 2. The van der Waals surface area contributed by atoms with Crippen LogP contribution in [0.15, 0.2) is 71.3 Å². The van der Waals surface area contributed by atoms with E-state index >= 15 is 0 Å². The van der Waals surface area contributed by atoms with Crippen molar-refractivity contribution in [3.05, 3.63) is 83.9 Å². The number of rotatable bonds is 8. The number of nitrogens with one attached hydrogen (secondary N) is 1. The Bertz CT molecular complexity index is 1860. The molecule has 3 atom stereocenters. The molecule has 1 saturated carbocycles. The van der Waals surface area contributed by atoms with Crippen LogP contribution in [0.25, 0.3) is 22.6 Å². The minimum Gasteiger partial charge on any atom is -0.436 e. The predicted octanol–water partition coefficient (Wildman–Crippen LogP) is 4.12. The number of aromatic nitrogens is 6. The fourth-order valence-electron chi connectivity index (χ4n) is 5.41. The van der Waals surface area contributed by atoms with Crippen LogP contribution in [0.2, 0.25) is 0 Å². The monoisotopic (exact) mass is 617 g/mol. The van der Waals surface area contributed by atoms with Gasteiger partial charge in [0.15, 0.2) is 11.4 Å². The van der Waals surface area contributed by atoms with Gasteiger partial charge in [0.25, 0.3) is 5.91 Å². The molecule has 2 fully saturated rings. The van der Waals surface area contributed by atoms with E-state index in [1.54, 1.807) is 35.2 Å². The van der Waals surface area contributed by atoms with Crippen LogP contribution >= 0.6 is 0 Å². The number of carbonyl (C=O) groups is 2. The van der Waals surface area contributed by atoms with Crippen LogP contribution in [-0.4, -0.2) is 84.1 Å². The molecule has 15 heteroatoms. The third-order valence-corrected chi connectivity index (χ3v) is 7.88. The first-order valence-corrected chi connectivity index (χ1v) is 14.3. The van der Waals surface area contributed by atoms with Crippen LogP contribution in [0.4, 0.5) is 18.9 Å². The Hall–Kier alpha value is -5.18. The van der Waals surface area contributed by atoms with Crippen LogP contribution in [0.3, 0.4) is 0 Å². The third kappa shape index (κ3) is 5.85. The predicted molar refractivity (Wildman–Crippen MR) is 154 cm³/mol. The fourth-order valence-corrected chi connectivity index (χ4v) is 5.41. The lowest BCUT2D eigenvalue weighted by Gasteiger charge is -2.38. The average molecular weight is 618 g/mol. The molecule has 3 aromatic heterocycles. The minimum atomic E-state index is -2.90. The minimum absolute atomic E-state index is 0.153. The van der Waals surface area contributed by atoms with Gasteiger partial charge in [-0.25, -0.2) is 9.37 Å². The lowest BCUT2D eigenvalue weighted by Crippen LogP contribution is -2.50. The van der Waals surface area contributed by atoms with Gasteiger partial charge in [0, 0.05) is 49.7 Å². The zero-order valence-corrected chi connectivity index (χ0v) is 23.6. The van der Waals surface area contributed by atoms with Gasteiger partial charge in [-0.15, -0.1) is 10.2 Å². The van der Waals surface area contributed by atoms with Crippen molar-refractivity contribution in [2.45, 2.75) is 25.2 Å². The van der Waals surface area contributed by atoms with Gasteiger partial charge in [0.1, 0.15) is 17.4 Å². The van der Waals surface area contributed by atoms with E-state index in [9.17, 15) is 22.8 Å². The van der Waals surface area contributed by atoms with Crippen molar-refractivity contribution < 1.29 is 27.2 Å². The maximum absolute atomic E-state index is 13.5. The van der Waals surface area contributed by atoms with Gasteiger partial charge in [0.05, 0.1) is 12.0 Å². The summed E-state index contributed by atoms with van der Waals surface area (Å²) in [5, 5.41) is 14.0. The number of carbonyl (C=O) groups excluding carboxylic acids is 2. The number of hydrogen-bond acceptors (Lipinski definition) is 9. The molecule has 0 unspecified atom stereocenters. The molecule has 45 heavy (non-hydrogen) atoms. The smallest absolute Gasteiger partial charge is 0.350 e. The number of fused-ring (bicyclic) bond motifs is 1. The molecule has 2 aliphatic rings. The Morgan fingerprint density at radius 1 is 1.00 bits per heavy atom. The maximum atomic E-state index is 13.5. The van der Waals surface area contributed by atoms with Crippen molar-refractivity contribution in [3.63, 3.8) is 0 Å². The van der Waals surface area contributed by atoms with Crippen molar-refractivity contribution in [2.75, 3.05) is 31.5 Å². The van der Waals surface area contributed by atoms with Crippen LogP contribution < -0.4 is 5.32 Å². The topological polar surface area (TPSA) is 135 Å². The Balaban J connectivity index is 1.05. The van der Waals surface area contributed by atoms with Crippen molar-refractivity contribution in [2.24, 2.45) is 5.92 Å². The Kier molecular flexibility index (Phi) is 7.45. The number of pyridine rings is 1. The van der Waals surface area contributed by atoms with Crippen molar-refractivity contribution in [1.82, 2.24) is 40.0 Å². The summed E-state index contributed by atoms with van der Waals surface area (Å²) in [7, 11) is 0. The Labute approximate surface area is 253 Å². The molecule has 1 N–H and O–H groups in total. The number of tetrazole rings is 1. The van der Waals surface area contributed by atoms with Crippen LogP contribution in [0.5, 0.6) is 0 Å². The SMILES string of the molecule is O=C(Nc1ccc2nc(-c3ccnc(C(=O)N4CCN([C@@H](c5ccccc5)c5nnn(C(F)F)n5)CC4)c3)oc2c1)[C@@H]1C[C@@H]1F. The number of anilines is 1. The molecule has 12 nitrogen and oxygen atoms in total. The fraction of sp³-hybridized carbons (Fsp3) is 0.300. The maximum Gasteiger partial charge on any atom is 0.350 e. The van der Waals surface area contributed by atoms with E-state index in [1.807, 2.05) is 35.2 Å². The molecule has 0 bridgehead atoms. The molecule has 1 aliphatic heterocycles. The molecule has 230 valence electrons. The second-order valence-corrected chi connectivity index (χ2v) is 10.9. The average Bonchev–Trinajstić information content (AvgIpc) is 3.40. The highest BCUT2D eigenvalue weighted by Gasteiger charge is 2.43. The van der Waals surface area contributed by atoms with E-state index in [2.05, 4.69) is 30.7 Å². The van der Waals surface area contributed by atoms with Crippen LogP contribution in [0, 0.1) is 5.92 Å². The second-order valence-electron chi connectivity index (χ2n) is 10.9. The number of oxazole rings is 1. The zero-order chi connectivity index (χ0) is 31.1. The summed E-state index contributed by atoms with van der Waals surface area (Å²) in [4.78, 5) is 38.4. The highest BCUT2D eigenvalue weighted by molar-refractivity contribution is 5.96. The molecular formula is C30H26F3N9O3. The van der Waals surface area contributed by atoms with Crippen molar-refractivity contribution in [1.29, 1.82) is 0 Å². The summed E-state index contributed by atoms with van der Waals surface area (Å²) < 4.78 is 45.5. The van der Waals surface area contributed by atoms with Gasteiger partial charge in [-0.1, -0.05) is 35.1 Å². The first-order valence-electron chi connectivity index (χ1n) is 14.3. The molecule has 2 aromatic carbocycles. The molecule has 1 aliphatic carbocycles. The number of nitrogens with zero attached hydrogens (tertiary/aromatic N) is 8. The number of halogens is 3. The van der Waals surface area contributed by atoms with E-state index in [1.165, 1.54) is 6.20 Å². The zero-order valence-electron chi connectivity index (χ0n) is 23.6. The van der Waals surface area contributed by atoms with Gasteiger partial charge < -0.3 is 14.6 Å². The molecular weight excluding hydrogens is 591 g/mol. The van der Waals surface area contributed by atoms with Crippen molar-refractivity contribution >= 4 is 28.6 Å². The molecule has 7 rings (SSSR count). The molecule has 0 radical (unpaired) electrons. The normalized spacial score (nSPS) is 19.2. The standard InChI is InChI=1S/C30H26F3N9O3/c31-21-16-20(21)27(43)35-19-6-7-22-24(15-19)45-28(36-22)18-8-9-34-23(14-18)29(44)41-12-10-40(11-13-41)25(17-4-2-1-3-5-17)26-37-39-42(38-26)30(32)33/h1-9,14-15,20-21,25,30H,10-13,16H2,(H,35,43)/t20-,21+,25+/m1/s1. The lowest BCUT2D eigenvalue weighted by molar-refractivity contribution is -0.117. The molecule has 0 spiro atoms. The van der Waals surface area contributed by atoms with Crippen LogP contribution in [0.1, 0.15) is 40.9 Å². The second kappa shape index (κ2) is 11.7. The van der Waals surface area contributed by atoms with E-state index < -0.39 is 24.7 Å². The Morgan fingerprint density at radius 2 is 1.78 bits per heavy atom. The summed E-state index contributed by atoms with van der Waals surface area (Å²) in [6.45, 7) is -1.31. The first-order chi connectivity index (χ1) is 21.8. The van der Waals surface area contributed by atoms with E-state index in [4.69, 9.17) is 4.42 Å². The molecule has 1 saturated heterocycles. The molecule has 2 amide bonds. The lowest BCUT2D eigenvalue weighted by atomic mass is 10.0. The highest BCUT2D eigenvalue weighted by atomic mass is 19.3. The number of alkyl halides is 3. The van der Waals surface area contributed by atoms with Gasteiger partial charge in [-0.2, -0.15) is 8.78 Å². The summed E-state index contributed by atoms with van der Waals surface area (Å²) in [5.74, 6) is -0.831. The number of piperazine rings is 1. The molecule has 5 aromatic rings. The van der Waals surface area contributed by atoms with Crippen LogP contribution in [-0.2, 0) is 4.79 Å². The summed E-state index contributed by atoms with van der Waals surface area (Å²) in [5.41, 5.74) is 3.03. The van der Waals surface area contributed by atoms with Gasteiger partial charge >= 0.3 is 6.55 Å². The van der Waals surface area contributed by atoms with Gasteiger partial charge in [-0.3, -0.25) is 19.5 Å². The largest absolute Gasteiger partial charge is 0.436 e. The summed E-state index contributed by atoms with van der Waals surface area (Å²) >= 11 is 0. The quantitative estimate of drug-likeness (QED) is 0.273. The third-order valence-electron chi connectivity index (χ3n) is 7.88. The van der Waals surface area contributed by atoms with Gasteiger partial charge in [-0.05, 0) is 41.5 Å². The number of hydrogen-bond donors (Lipinski definition) is 1. The molecule has 4 heterocycles. The Morgan fingerprint density at radius 3 is 2.49 bits per heavy atom. The first kappa shape index (κ1) is 28.6. The summed E-state index contributed by atoms with van der Waals surface area (Å²) in [6, 6.07) is 17.1. The van der Waals surface area contributed by atoms with E-state index in [0.29, 0.717) is 48.5 Å². The van der Waals surface area contributed by atoms with Crippen molar-refractivity contribution in [3.8, 4) is 11.5 Å². The summed E-state index contributed by atoms with van der Waals surface area (Å²) in [6.07, 6.45) is 0.648. The number of benzene rings is 2. The van der Waals surface area contributed by atoms with E-state index in [0.717, 1.165) is 5.56 Å². The highest BCUT2D eigenvalue weighted by Crippen LogP contribution is 2.35.